The number of anilines is 2. The van der Waals surface area contributed by atoms with Crippen molar-refractivity contribution in [1.82, 2.24) is 0 Å². The Bertz CT molecular complexity index is 785. The fraction of sp³-hybridized carbons (Fsp3) is 0.0625. The van der Waals surface area contributed by atoms with E-state index in [1.54, 1.807) is 42.5 Å². The molecule has 0 aliphatic carbocycles. The molecule has 0 aromatic heterocycles. The fourth-order valence-corrected chi connectivity index (χ4v) is 2.27. The van der Waals surface area contributed by atoms with E-state index in [0.29, 0.717) is 11.4 Å². The molecule has 22 heavy (non-hydrogen) atoms. The first kappa shape index (κ1) is 13.8. The Labute approximate surface area is 126 Å². The predicted octanol–water partition coefficient (Wildman–Crippen LogP) is 2.46. The number of ether oxygens (including phenoxy) is 1. The molecule has 3 amide bonds. The average molecular weight is 296 g/mol. The van der Waals surface area contributed by atoms with Crippen molar-refractivity contribution in [3.05, 3.63) is 54.1 Å². The van der Waals surface area contributed by atoms with Crippen LogP contribution in [0.1, 0.15) is 10.4 Å². The van der Waals surface area contributed by atoms with E-state index in [4.69, 9.17) is 4.74 Å². The lowest BCUT2D eigenvalue weighted by Crippen LogP contribution is -2.39. The molecule has 1 heterocycles. The van der Waals surface area contributed by atoms with Crippen LogP contribution in [0.25, 0.3) is 0 Å². The molecule has 1 aliphatic rings. The van der Waals surface area contributed by atoms with E-state index in [1.165, 1.54) is 13.2 Å². The molecule has 6 heteroatoms. The molecule has 110 valence electrons. The lowest BCUT2D eigenvalue weighted by molar-refractivity contribution is -0.113. The van der Waals surface area contributed by atoms with E-state index in [-0.39, 0.29) is 11.3 Å². The molecular weight excluding hydrogens is 284 g/mol. The van der Waals surface area contributed by atoms with Crippen LogP contribution in [-0.2, 0) is 4.79 Å². The number of hydrogen-bond donors (Lipinski definition) is 1. The lowest BCUT2D eigenvalue weighted by atomic mass is 10.1. The number of methoxy groups -OCH3 is 1. The average Bonchev–Trinajstić information content (AvgIpc) is 2.79. The van der Waals surface area contributed by atoms with Crippen LogP contribution in [-0.4, -0.2) is 24.8 Å². The second kappa shape index (κ2) is 5.33. The van der Waals surface area contributed by atoms with Crippen LogP contribution in [0.4, 0.5) is 16.2 Å². The Kier molecular flexibility index (Phi) is 3.34. The quantitative estimate of drug-likeness (QED) is 0.864. The number of carbonyl (C=O) groups is 3. The topological polar surface area (TPSA) is 75.7 Å². The standard InChI is InChI=1S/C16H12N2O4/c1-22-11-6-4-5-10(9-11)17-16(21)18-13-8-3-2-7-12(13)14(19)15(18)20/h2-9H,1H3,(H,17,21). The maximum absolute atomic E-state index is 12.3. The highest BCUT2D eigenvalue weighted by Gasteiger charge is 2.39. The van der Waals surface area contributed by atoms with Crippen LogP contribution in [0.2, 0.25) is 0 Å². The number of fused-ring (bicyclic) bond motifs is 1. The molecule has 6 nitrogen and oxygen atoms in total. The van der Waals surface area contributed by atoms with Gasteiger partial charge in [0.1, 0.15) is 5.75 Å². The number of nitrogens with zero attached hydrogens (tertiary/aromatic N) is 1. The zero-order valence-electron chi connectivity index (χ0n) is 11.7. The minimum absolute atomic E-state index is 0.230. The summed E-state index contributed by atoms with van der Waals surface area (Å²) in [5.74, 6) is -0.972. The van der Waals surface area contributed by atoms with E-state index in [1.807, 2.05) is 0 Å². The van der Waals surface area contributed by atoms with Gasteiger partial charge in [-0.25, -0.2) is 9.69 Å². The van der Waals surface area contributed by atoms with Crippen LogP contribution >= 0.6 is 0 Å². The molecule has 1 aliphatic heterocycles. The first-order valence-corrected chi connectivity index (χ1v) is 6.54. The minimum Gasteiger partial charge on any atom is -0.497 e. The normalized spacial score (nSPS) is 13.0. The Morgan fingerprint density at radius 1 is 1.09 bits per heavy atom. The van der Waals surface area contributed by atoms with Gasteiger partial charge in [-0.3, -0.25) is 9.59 Å². The van der Waals surface area contributed by atoms with Gasteiger partial charge < -0.3 is 10.1 Å². The van der Waals surface area contributed by atoms with Gasteiger partial charge in [-0.05, 0) is 24.3 Å². The summed E-state index contributed by atoms with van der Waals surface area (Å²) < 4.78 is 5.07. The zero-order valence-corrected chi connectivity index (χ0v) is 11.7. The summed E-state index contributed by atoms with van der Waals surface area (Å²) >= 11 is 0. The summed E-state index contributed by atoms with van der Waals surface area (Å²) in [5.41, 5.74) is 0.986. The molecule has 0 radical (unpaired) electrons. The maximum Gasteiger partial charge on any atom is 0.333 e. The van der Waals surface area contributed by atoms with Gasteiger partial charge in [0.25, 0.3) is 5.78 Å². The molecule has 0 bridgehead atoms. The van der Waals surface area contributed by atoms with E-state index >= 15 is 0 Å². The van der Waals surface area contributed by atoms with Crippen LogP contribution in [0.3, 0.4) is 0 Å². The number of Topliss-reactive ketones (excluding diaryl/α,β-unsaturated/α-hetero) is 1. The zero-order chi connectivity index (χ0) is 15.7. The molecule has 0 unspecified atom stereocenters. The number of benzene rings is 2. The summed E-state index contributed by atoms with van der Waals surface area (Å²) in [6, 6.07) is 12.4. The molecule has 1 N–H and O–H groups in total. The molecule has 2 aromatic rings. The number of urea groups is 1. The van der Waals surface area contributed by atoms with Gasteiger partial charge in [0.15, 0.2) is 0 Å². The molecule has 2 aromatic carbocycles. The van der Waals surface area contributed by atoms with E-state index in [9.17, 15) is 14.4 Å². The molecule has 0 saturated heterocycles. The second-order valence-corrected chi connectivity index (χ2v) is 4.65. The molecule has 0 fully saturated rings. The van der Waals surface area contributed by atoms with E-state index in [0.717, 1.165) is 4.90 Å². The summed E-state index contributed by atoms with van der Waals surface area (Å²) in [7, 11) is 1.51. The largest absolute Gasteiger partial charge is 0.497 e. The van der Waals surface area contributed by atoms with Gasteiger partial charge in [-0.2, -0.15) is 0 Å². The smallest absolute Gasteiger partial charge is 0.333 e. The number of imide groups is 1. The Morgan fingerprint density at radius 3 is 2.64 bits per heavy atom. The van der Waals surface area contributed by atoms with Crippen molar-refractivity contribution in [2.75, 3.05) is 17.3 Å². The molecular formula is C16H12N2O4. The summed E-state index contributed by atoms with van der Waals surface area (Å²) in [5, 5.41) is 2.58. The van der Waals surface area contributed by atoms with Crippen molar-refractivity contribution in [2.24, 2.45) is 0 Å². The van der Waals surface area contributed by atoms with Crippen molar-refractivity contribution in [2.45, 2.75) is 0 Å². The van der Waals surface area contributed by atoms with Gasteiger partial charge >= 0.3 is 11.9 Å². The number of para-hydroxylation sites is 1. The van der Waals surface area contributed by atoms with Gasteiger partial charge in [0, 0.05) is 11.8 Å². The van der Waals surface area contributed by atoms with Crippen LogP contribution in [0.5, 0.6) is 5.75 Å². The summed E-state index contributed by atoms with van der Waals surface area (Å²) in [6.07, 6.45) is 0. The third-order valence-electron chi connectivity index (χ3n) is 3.31. The maximum atomic E-state index is 12.3. The van der Waals surface area contributed by atoms with Gasteiger partial charge in [0.2, 0.25) is 0 Å². The van der Waals surface area contributed by atoms with Crippen molar-refractivity contribution in [3.63, 3.8) is 0 Å². The van der Waals surface area contributed by atoms with Gasteiger partial charge in [0.05, 0.1) is 18.4 Å². The monoisotopic (exact) mass is 296 g/mol. The third-order valence-corrected chi connectivity index (χ3v) is 3.31. The Hall–Kier alpha value is -3.15. The van der Waals surface area contributed by atoms with E-state index < -0.39 is 17.7 Å². The molecule has 0 saturated carbocycles. The summed E-state index contributed by atoms with van der Waals surface area (Å²) in [4.78, 5) is 37.1. The number of carbonyl (C=O) groups excluding carboxylic acids is 3. The van der Waals surface area contributed by atoms with Crippen molar-refractivity contribution in [3.8, 4) is 5.75 Å². The SMILES string of the molecule is COc1cccc(NC(=O)N2C(=O)C(=O)c3ccccc32)c1. The number of amides is 3. The number of nitrogens with one attached hydrogen (secondary N) is 1. The van der Waals surface area contributed by atoms with Crippen molar-refractivity contribution >= 4 is 29.1 Å². The van der Waals surface area contributed by atoms with Crippen LogP contribution < -0.4 is 15.0 Å². The highest BCUT2D eigenvalue weighted by molar-refractivity contribution is 6.56. The van der Waals surface area contributed by atoms with Gasteiger partial charge in [-0.1, -0.05) is 18.2 Å². The number of rotatable bonds is 2. The second-order valence-electron chi connectivity index (χ2n) is 4.65. The molecule has 0 spiro atoms. The molecule has 3 rings (SSSR count). The number of hydrogen-bond acceptors (Lipinski definition) is 4. The highest BCUT2D eigenvalue weighted by Crippen LogP contribution is 2.29. The van der Waals surface area contributed by atoms with E-state index in [2.05, 4.69) is 5.32 Å². The van der Waals surface area contributed by atoms with Crippen LogP contribution in [0, 0.1) is 0 Å². The minimum atomic E-state index is -0.860. The first-order chi connectivity index (χ1) is 10.6. The molecule has 0 atom stereocenters. The van der Waals surface area contributed by atoms with Crippen molar-refractivity contribution in [1.29, 1.82) is 0 Å². The summed E-state index contributed by atoms with van der Waals surface area (Å²) in [6.45, 7) is 0. The number of ketones is 1. The Balaban J connectivity index is 1.89. The van der Waals surface area contributed by atoms with Gasteiger partial charge in [-0.15, -0.1) is 0 Å². The Morgan fingerprint density at radius 2 is 1.86 bits per heavy atom. The highest BCUT2D eigenvalue weighted by atomic mass is 16.5. The first-order valence-electron chi connectivity index (χ1n) is 6.54. The predicted molar refractivity (Wildman–Crippen MR) is 80.3 cm³/mol. The third kappa shape index (κ3) is 2.20. The van der Waals surface area contributed by atoms with Crippen LogP contribution in [0.15, 0.2) is 48.5 Å². The fourth-order valence-electron chi connectivity index (χ4n) is 2.27. The lowest BCUT2D eigenvalue weighted by Gasteiger charge is -2.15. The van der Waals surface area contributed by atoms with Crippen molar-refractivity contribution < 1.29 is 19.1 Å².